The first-order valence-electron chi connectivity index (χ1n) is 11.3. The molecule has 0 saturated heterocycles. The van der Waals surface area contributed by atoms with E-state index >= 15 is 0 Å². The Hall–Kier alpha value is -3.69. The van der Waals surface area contributed by atoms with Gasteiger partial charge in [-0.3, -0.25) is 4.79 Å². The second kappa shape index (κ2) is 11.6. The second-order valence-corrected chi connectivity index (χ2v) is 8.75. The minimum atomic E-state index is -0.551. The summed E-state index contributed by atoms with van der Waals surface area (Å²) in [5, 5.41) is 11.1. The van der Waals surface area contributed by atoms with Crippen LogP contribution in [-0.2, 0) is 33.8 Å². The molecule has 0 aliphatic heterocycles. The Kier molecular flexibility index (Phi) is 8.12. The topological polar surface area (TPSA) is 94.5 Å². The van der Waals surface area contributed by atoms with Crippen molar-refractivity contribution < 1.29 is 19.1 Å². The lowest BCUT2D eigenvalue weighted by molar-refractivity contribution is -0.116. The zero-order valence-electron chi connectivity index (χ0n) is 19.7. The van der Waals surface area contributed by atoms with Crippen LogP contribution in [0.1, 0.15) is 28.0 Å². The van der Waals surface area contributed by atoms with Crippen LogP contribution in [0.25, 0.3) is 11.0 Å². The summed E-state index contributed by atoms with van der Waals surface area (Å²) in [4.78, 5) is 30.4. The van der Waals surface area contributed by atoms with Crippen LogP contribution in [0.15, 0.2) is 59.4 Å². The van der Waals surface area contributed by atoms with Crippen molar-refractivity contribution in [2.24, 2.45) is 0 Å². The molecule has 0 spiro atoms. The highest BCUT2D eigenvalue weighted by Crippen LogP contribution is 2.33. The van der Waals surface area contributed by atoms with Crippen LogP contribution < -0.4 is 10.6 Å². The fourth-order valence-electron chi connectivity index (χ4n) is 3.86. The molecule has 0 unspecified atom stereocenters. The number of methoxy groups -OCH3 is 2. The fraction of sp³-hybridized carbons (Fsp3) is 0.269. The molecule has 0 fully saturated rings. The number of aryl methyl sites for hydroxylation is 1. The highest BCUT2D eigenvalue weighted by molar-refractivity contribution is 7.07. The number of ether oxygens (including phenoxy) is 2. The highest BCUT2D eigenvalue weighted by atomic mass is 32.1. The molecule has 35 heavy (non-hydrogen) atoms. The Morgan fingerprint density at radius 1 is 1.11 bits per heavy atom. The van der Waals surface area contributed by atoms with Crippen LogP contribution in [0.5, 0.6) is 0 Å². The predicted octanol–water partition coefficient (Wildman–Crippen LogP) is 4.71. The zero-order valence-corrected chi connectivity index (χ0v) is 20.6. The van der Waals surface area contributed by atoms with Gasteiger partial charge in [0.05, 0.1) is 31.3 Å². The largest absolute Gasteiger partial charge is 0.464 e. The molecule has 0 saturated carbocycles. The Labute approximate surface area is 207 Å². The van der Waals surface area contributed by atoms with Gasteiger partial charge < -0.3 is 24.7 Å². The number of hydrogen-bond donors (Lipinski definition) is 2. The SMILES string of the molecule is COCCn1c(C(=O)OC)c(NC(=O)CCc2ccccc2)c2cc(NCc3ccsc3)cnc21. The first kappa shape index (κ1) is 24.4. The minimum absolute atomic E-state index is 0.193. The van der Waals surface area contributed by atoms with Crippen molar-refractivity contribution in [1.82, 2.24) is 9.55 Å². The molecule has 0 aliphatic carbocycles. The van der Waals surface area contributed by atoms with Crippen LogP contribution >= 0.6 is 11.3 Å². The van der Waals surface area contributed by atoms with Gasteiger partial charge in [-0.15, -0.1) is 0 Å². The lowest BCUT2D eigenvalue weighted by atomic mass is 10.1. The van der Waals surface area contributed by atoms with Crippen LogP contribution in [0.3, 0.4) is 0 Å². The lowest BCUT2D eigenvalue weighted by Crippen LogP contribution is -2.18. The van der Waals surface area contributed by atoms with E-state index in [0.29, 0.717) is 42.8 Å². The molecular formula is C26H28N4O4S. The van der Waals surface area contributed by atoms with Crippen molar-refractivity contribution in [3.63, 3.8) is 0 Å². The van der Waals surface area contributed by atoms with Gasteiger partial charge in [-0.1, -0.05) is 30.3 Å². The Bertz CT molecular complexity index is 1290. The quantitative estimate of drug-likeness (QED) is 0.295. The van der Waals surface area contributed by atoms with E-state index in [2.05, 4.69) is 27.1 Å². The number of esters is 1. The number of rotatable bonds is 11. The molecule has 1 amide bonds. The van der Waals surface area contributed by atoms with E-state index < -0.39 is 5.97 Å². The van der Waals surface area contributed by atoms with Gasteiger partial charge in [-0.25, -0.2) is 9.78 Å². The molecule has 4 aromatic rings. The Morgan fingerprint density at radius 2 is 1.94 bits per heavy atom. The van der Waals surface area contributed by atoms with Gasteiger partial charge >= 0.3 is 5.97 Å². The number of anilines is 2. The first-order valence-corrected chi connectivity index (χ1v) is 12.2. The lowest BCUT2D eigenvalue weighted by Gasteiger charge is -2.10. The van der Waals surface area contributed by atoms with E-state index in [0.717, 1.165) is 16.8 Å². The summed E-state index contributed by atoms with van der Waals surface area (Å²) < 4.78 is 12.1. The molecule has 182 valence electrons. The van der Waals surface area contributed by atoms with Crippen LogP contribution in [-0.4, -0.2) is 42.3 Å². The van der Waals surface area contributed by atoms with Crippen molar-refractivity contribution in [2.75, 3.05) is 31.5 Å². The average Bonchev–Trinajstić information content (AvgIpc) is 3.51. The number of amides is 1. The number of nitrogens with zero attached hydrogens (tertiary/aromatic N) is 2. The molecule has 3 heterocycles. The van der Waals surface area contributed by atoms with E-state index in [4.69, 9.17) is 9.47 Å². The predicted molar refractivity (Wildman–Crippen MR) is 138 cm³/mol. The Morgan fingerprint density at radius 3 is 2.66 bits per heavy atom. The third-order valence-electron chi connectivity index (χ3n) is 5.62. The van der Waals surface area contributed by atoms with Crippen molar-refractivity contribution >= 4 is 45.6 Å². The number of benzene rings is 1. The number of carbonyl (C=O) groups is 2. The molecule has 9 heteroatoms. The van der Waals surface area contributed by atoms with E-state index in [-0.39, 0.29) is 18.0 Å². The van der Waals surface area contributed by atoms with E-state index in [1.54, 1.807) is 29.2 Å². The average molecular weight is 493 g/mol. The highest BCUT2D eigenvalue weighted by Gasteiger charge is 2.26. The summed E-state index contributed by atoms with van der Waals surface area (Å²) in [7, 11) is 2.92. The summed E-state index contributed by atoms with van der Waals surface area (Å²) in [6.07, 6.45) is 2.59. The molecule has 0 bridgehead atoms. The van der Waals surface area contributed by atoms with E-state index in [1.165, 1.54) is 7.11 Å². The van der Waals surface area contributed by atoms with Gasteiger partial charge in [0.25, 0.3) is 0 Å². The summed E-state index contributed by atoms with van der Waals surface area (Å²) in [5.74, 6) is -0.744. The van der Waals surface area contributed by atoms with Gasteiger partial charge in [0.1, 0.15) is 5.65 Å². The van der Waals surface area contributed by atoms with Crippen LogP contribution in [0.4, 0.5) is 11.4 Å². The molecule has 3 aromatic heterocycles. The van der Waals surface area contributed by atoms with Crippen LogP contribution in [0.2, 0.25) is 0 Å². The Balaban J connectivity index is 1.68. The minimum Gasteiger partial charge on any atom is -0.464 e. The van der Waals surface area contributed by atoms with Gasteiger partial charge in [0.15, 0.2) is 5.69 Å². The number of thiophene rings is 1. The van der Waals surface area contributed by atoms with Crippen LogP contribution in [0, 0.1) is 0 Å². The van der Waals surface area contributed by atoms with Gasteiger partial charge in [0.2, 0.25) is 5.91 Å². The van der Waals surface area contributed by atoms with Gasteiger partial charge in [-0.2, -0.15) is 11.3 Å². The fourth-order valence-corrected chi connectivity index (χ4v) is 4.53. The maximum Gasteiger partial charge on any atom is 0.356 e. The smallest absolute Gasteiger partial charge is 0.356 e. The number of hydrogen-bond acceptors (Lipinski definition) is 7. The number of pyridine rings is 1. The summed E-state index contributed by atoms with van der Waals surface area (Å²) in [6, 6.07) is 13.8. The molecule has 0 aliphatic rings. The second-order valence-electron chi connectivity index (χ2n) is 7.97. The van der Waals surface area contributed by atoms with Crippen molar-refractivity contribution in [1.29, 1.82) is 0 Å². The molecule has 1 aromatic carbocycles. The van der Waals surface area contributed by atoms with Crippen molar-refractivity contribution in [2.45, 2.75) is 25.9 Å². The molecule has 8 nitrogen and oxygen atoms in total. The monoisotopic (exact) mass is 492 g/mol. The molecule has 0 radical (unpaired) electrons. The third-order valence-corrected chi connectivity index (χ3v) is 6.35. The van der Waals surface area contributed by atoms with Gasteiger partial charge in [-0.05, 0) is 40.4 Å². The molecule has 0 atom stereocenters. The third kappa shape index (κ3) is 5.87. The summed E-state index contributed by atoms with van der Waals surface area (Å²) in [6.45, 7) is 1.39. The normalized spacial score (nSPS) is 10.9. The summed E-state index contributed by atoms with van der Waals surface area (Å²) >= 11 is 1.64. The van der Waals surface area contributed by atoms with E-state index in [1.807, 2.05) is 41.8 Å². The molecule has 4 rings (SSSR count). The first-order chi connectivity index (χ1) is 17.1. The molecule has 2 N–H and O–H groups in total. The maximum absolute atomic E-state index is 12.9. The number of nitrogens with one attached hydrogen (secondary N) is 2. The number of fused-ring (bicyclic) bond motifs is 1. The van der Waals surface area contributed by atoms with E-state index in [9.17, 15) is 9.59 Å². The summed E-state index contributed by atoms with van der Waals surface area (Å²) in [5.41, 5.74) is 4.23. The van der Waals surface area contributed by atoms with Crippen molar-refractivity contribution in [3.8, 4) is 0 Å². The zero-order chi connectivity index (χ0) is 24.6. The van der Waals surface area contributed by atoms with Crippen molar-refractivity contribution in [3.05, 3.63) is 76.2 Å². The van der Waals surface area contributed by atoms with Gasteiger partial charge in [0, 0.05) is 32.0 Å². The molecular weight excluding hydrogens is 464 g/mol. The number of carbonyl (C=O) groups excluding carboxylic acids is 2. The number of aromatic nitrogens is 2. The standard InChI is InChI=1S/C26H28N4O4S/c1-33-12-11-30-24(26(32)34-2)23(29-22(31)9-8-18-6-4-3-5-7-18)21-14-20(16-28-25(21)30)27-15-19-10-13-35-17-19/h3-7,10,13-14,16-17,27H,8-9,11-12,15H2,1-2H3,(H,29,31). The maximum atomic E-state index is 12.9.